The van der Waals surface area contributed by atoms with Gasteiger partial charge in [-0.05, 0) is 32.6 Å². The lowest BCUT2D eigenvalue weighted by Gasteiger charge is -2.14. The van der Waals surface area contributed by atoms with E-state index in [1.807, 2.05) is 6.92 Å². The second kappa shape index (κ2) is 5.85. The minimum Gasteiger partial charge on any atom is -0.466 e. The number of hydrogen-bond acceptors (Lipinski definition) is 4. The molecule has 0 aromatic carbocycles. The normalized spacial score (nSPS) is 17.2. The lowest BCUT2D eigenvalue weighted by Crippen LogP contribution is -2.29. The van der Waals surface area contributed by atoms with E-state index in [2.05, 4.69) is 0 Å². The summed E-state index contributed by atoms with van der Waals surface area (Å²) in [6.07, 6.45) is 1.51. The molecule has 15 heavy (non-hydrogen) atoms. The van der Waals surface area contributed by atoms with Gasteiger partial charge in [0.25, 0.3) is 0 Å². The molecular weight excluding hydrogens is 196 g/mol. The van der Waals surface area contributed by atoms with Crippen LogP contribution in [0.3, 0.4) is 0 Å². The van der Waals surface area contributed by atoms with Crippen LogP contribution in [-0.2, 0) is 19.1 Å². The molecule has 0 aromatic heterocycles. The third-order valence-corrected chi connectivity index (χ3v) is 2.34. The molecule has 0 spiro atoms. The summed E-state index contributed by atoms with van der Waals surface area (Å²) in [4.78, 5) is 22.8. The summed E-state index contributed by atoms with van der Waals surface area (Å²) in [6.45, 7) is 4.40. The van der Waals surface area contributed by atoms with Crippen LogP contribution in [0.2, 0.25) is 0 Å². The van der Waals surface area contributed by atoms with Crippen molar-refractivity contribution in [1.29, 1.82) is 0 Å². The number of esters is 1. The monoisotopic (exact) mass is 214 g/mol. The summed E-state index contributed by atoms with van der Waals surface area (Å²) in [5.74, 6) is -0.266. The minimum absolute atomic E-state index is 0.141. The van der Waals surface area contributed by atoms with Gasteiger partial charge in [-0.25, -0.2) is 0 Å². The van der Waals surface area contributed by atoms with Gasteiger partial charge in [0, 0.05) is 6.61 Å². The molecule has 0 heterocycles. The van der Waals surface area contributed by atoms with Crippen LogP contribution >= 0.6 is 0 Å². The van der Waals surface area contributed by atoms with Gasteiger partial charge in [0.1, 0.15) is 12.5 Å². The fourth-order valence-corrected chi connectivity index (χ4v) is 1.53. The standard InChI is InChI=1S/C11H18O4/c1-3-14-10(13)7-9(12)11(15-4-2)8-5-6-8/h8,11H,3-7H2,1-2H3. The van der Waals surface area contributed by atoms with Crippen molar-refractivity contribution in [2.75, 3.05) is 13.2 Å². The Hall–Kier alpha value is -0.900. The first-order chi connectivity index (χ1) is 7.19. The number of carbonyl (C=O) groups excluding carboxylic acids is 2. The maximum absolute atomic E-state index is 11.7. The third kappa shape index (κ3) is 4.00. The second-order valence-corrected chi connectivity index (χ2v) is 3.66. The molecule has 0 aliphatic heterocycles. The molecule has 1 aliphatic carbocycles. The summed E-state index contributed by atoms with van der Waals surface area (Å²) in [7, 11) is 0. The van der Waals surface area contributed by atoms with E-state index >= 15 is 0 Å². The van der Waals surface area contributed by atoms with E-state index < -0.39 is 5.97 Å². The summed E-state index contributed by atoms with van der Waals surface area (Å²) in [6, 6.07) is 0. The van der Waals surface area contributed by atoms with Gasteiger partial charge in [0.05, 0.1) is 6.61 Å². The largest absolute Gasteiger partial charge is 0.466 e. The average molecular weight is 214 g/mol. The second-order valence-electron chi connectivity index (χ2n) is 3.66. The van der Waals surface area contributed by atoms with Crippen LogP contribution in [0.5, 0.6) is 0 Å². The lowest BCUT2D eigenvalue weighted by molar-refractivity contribution is -0.148. The highest BCUT2D eigenvalue weighted by atomic mass is 16.5. The lowest BCUT2D eigenvalue weighted by atomic mass is 10.1. The Bertz CT molecular complexity index is 233. The number of ketones is 1. The molecule has 0 saturated heterocycles. The first-order valence-corrected chi connectivity index (χ1v) is 5.49. The molecule has 0 bridgehead atoms. The smallest absolute Gasteiger partial charge is 0.313 e. The Morgan fingerprint density at radius 1 is 1.27 bits per heavy atom. The van der Waals surface area contributed by atoms with Crippen molar-refractivity contribution in [1.82, 2.24) is 0 Å². The number of Topliss-reactive ketones (excluding diaryl/α,β-unsaturated/α-hetero) is 1. The molecule has 1 unspecified atom stereocenters. The third-order valence-electron chi connectivity index (χ3n) is 2.34. The van der Waals surface area contributed by atoms with Gasteiger partial charge in [-0.15, -0.1) is 0 Å². The van der Waals surface area contributed by atoms with E-state index in [1.165, 1.54) is 0 Å². The zero-order valence-electron chi connectivity index (χ0n) is 9.32. The van der Waals surface area contributed by atoms with E-state index in [0.29, 0.717) is 19.1 Å². The molecule has 0 radical (unpaired) electrons. The van der Waals surface area contributed by atoms with Crippen LogP contribution in [0, 0.1) is 5.92 Å². The van der Waals surface area contributed by atoms with E-state index in [9.17, 15) is 9.59 Å². The van der Waals surface area contributed by atoms with Crippen molar-refractivity contribution < 1.29 is 19.1 Å². The van der Waals surface area contributed by atoms with Crippen LogP contribution in [0.25, 0.3) is 0 Å². The average Bonchev–Trinajstić information content (AvgIpc) is 2.97. The van der Waals surface area contributed by atoms with Crippen molar-refractivity contribution in [3.63, 3.8) is 0 Å². The molecule has 1 aliphatic rings. The van der Waals surface area contributed by atoms with Crippen molar-refractivity contribution in [2.24, 2.45) is 5.92 Å². The molecule has 1 saturated carbocycles. The SMILES string of the molecule is CCOC(=O)CC(=O)C(OCC)C1CC1. The Morgan fingerprint density at radius 2 is 1.93 bits per heavy atom. The topological polar surface area (TPSA) is 52.6 Å². The molecule has 86 valence electrons. The van der Waals surface area contributed by atoms with E-state index in [4.69, 9.17) is 9.47 Å². The maximum atomic E-state index is 11.7. The van der Waals surface area contributed by atoms with Gasteiger partial charge in [-0.3, -0.25) is 9.59 Å². The molecule has 1 fully saturated rings. The summed E-state index contributed by atoms with van der Waals surface area (Å²) < 4.78 is 10.1. The molecule has 0 aromatic rings. The Balaban J connectivity index is 2.38. The Morgan fingerprint density at radius 3 is 2.40 bits per heavy atom. The van der Waals surface area contributed by atoms with E-state index in [-0.39, 0.29) is 18.3 Å². The Labute approximate surface area is 89.9 Å². The number of ether oxygens (including phenoxy) is 2. The summed E-state index contributed by atoms with van der Waals surface area (Å²) in [5, 5.41) is 0. The molecule has 4 nitrogen and oxygen atoms in total. The van der Waals surface area contributed by atoms with Crippen LogP contribution in [0.15, 0.2) is 0 Å². The van der Waals surface area contributed by atoms with Crippen molar-refractivity contribution in [3.05, 3.63) is 0 Å². The van der Waals surface area contributed by atoms with Crippen molar-refractivity contribution >= 4 is 11.8 Å². The van der Waals surface area contributed by atoms with E-state index in [0.717, 1.165) is 12.8 Å². The number of carbonyl (C=O) groups is 2. The molecule has 0 N–H and O–H groups in total. The van der Waals surface area contributed by atoms with Crippen LogP contribution in [0.4, 0.5) is 0 Å². The molecular formula is C11H18O4. The fraction of sp³-hybridized carbons (Fsp3) is 0.818. The van der Waals surface area contributed by atoms with Crippen molar-refractivity contribution in [3.8, 4) is 0 Å². The van der Waals surface area contributed by atoms with Gasteiger partial charge < -0.3 is 9.47 Å². The predicted octanol–water partition coefficient (Wildman–Crippen LogP) is 1.32. The maximum Gasteiger partial charge on any atom is 0.313 e. The Kier molecular flexibility index (Phi) is 4.75. The zero-order chi connectivity index (χ0) is 11.3. The fourth-order valence-electron chi connectivity index (χ4n) is 1.53. The first kappa shape index (κ1) is 12.2. The highest BCUT2D eigenvalue weighted by Gasteiger charge is 2.37. The quantitative estimate of drug-likeness (QED) is 0.474. The van der Waals surface area contributed by atoms with Gasteiger partial charge >= 0.3 is 5.97 Å². The molecule has 1 atom stereocenters. The first-order valence-electron chi connectivity index (χ1n) is 5.49. The van der Waals surface area contributed by atoms with E-state index in [1.54, 1.807) is 6.92 Å². The predicted molar refractivity (Wildman–Crippen MR) is 54.4 cm³/mol. The van der Waals surface area contributed by atoms with Crippen LogP contribution < -0.4 is 0 Å². The van der Waals surface area contributed by atoms with Crippen LogP contribution in [-0.4, -0.2) is 31.1 Å². The summed E-state index contributed by atoms with van der Waals surface area (Å²) in [5.41, 5.74) is 0. The molecule has 4 heteroatoms. The molecule has 1 rings (SSSR count). The number of hydrogen-bond donors (Lipinski definition) is 0. The minimum atomic E-state index is -0.451. The van der Waals surface area contributed by atoms with Gasteiger partial charge in [0.15, 0.2) is 5.78 Å². The van der Waals surface area contributed by atoms with Crippen molar-refractivity contribution in [2.45, 2.75) is 39.2 Å². The van der Waals surface area contributed by atoms with Gasteiger partial charge in [0.2, 0.25) is 0 Å². The van der Waals surface area contributed by atoms with Gasteiger partial charge in [-0.1, -0.05) is 0 Å². The summed E-state index contributed by atoms with van der Waals surface area (Å²) >= 11 is 0. The van der Waals surface area contributed by atoms with Gasteiger partial charge in [-0.2, -0.15) is 0 Å². The molecule has 0 amide bonds. The zero-order valence-corrected chi connectivity index (χ0v) is 9.32. The number of rotatable bonds is 7. The van der Waals surface area contributed by atoms with Crippen LogP contribution in [0.1, 0.15) is 33.1 Å². The highest BCUT2D eigenvalue weighted by molar-refractivity contribution is 5.98. The highest BCUT2D eigenvalue weighted by Crippen LogP contribution is 2.35.